The smallest absolute Gasteiger partial charge is 0.0724 e. The highest BCUT2D eigenvalue weighted by Gasteiger charge is 2.12. The highest BCUT2D eigenvalue weighted by atomic mass is 35.5. The number of halogens is 3. The largest absolute Gasteiger partial charge is 0.376 e. The molecule has 1 N–H and O–H groups in total. The van der Waals surface area contributed by atoms with Crippen LogP contribution in [0, 0.1) is 6.92 Å². The zero-order valence-corrected chi connectivity index (χ0v) is 12.9. The maximum Gasteiger partial charge on any atom is 0.0724 e. The molecule has 0 radical (unpaired) electrons. The molecule has 0 amide bonds. The van der Waals surface area contributed by atoms with Crippen LogP contribution in [-0.4, -0.2) is 0 Å². The molecule has 2 aromatic rings. The number of rotatable bonds is 3. The first kappa shape index (κ1) is 14.5. The van der Waals surface area contributed by atoms with Gasteiger partial charge in [-0.1, -0.05) is 64.6 Å². The van der Waals surface area contributed by atoms with Gasteiger partial charge in [0.15, 0.2) is 0 Å². The number of hydrogen-bond acceptors (Lipinski definition) is 1. The molecule has 0 aliphatic carbocycles. The minimum absolute atomic E-state index is 0.107. The summed E-state index contributed by atoms with van der Waals surface area (Å²) in [5.74, 6) is 0. The standard InChI is InChI=1S/C15H14Cl3N/c1-9-4-3-5-11(6-9)10(2)19-15-13(17)7-12(16)8-14(15)18/h3-8,10,19H,1-2H3. The Balaban J connectivity index is 2.26. The van der Waals surface area contributed by atoms with Gasteiger partial charge in [0.05, 0.1) is 15.7 Å². The van der Waals surface area contributed by atoms with Crippen molar-refractivity contribution in [1.82, 2.24) is 0 Å². The van der Waals surface area contributed by atoms with Gasteiger partial charge < -0.3 is 5.32 Å². The van der Waals surface area contributed by atoms with E-state index >= 15 is 0 Å². The van der Waals surface area contributed by atoms with Crippen molar-refractivity contribution in [3.8, 4) is 0 Å². The summed E-state index contributed by atoms with van der Waals surface area (Å²) in [7, 11) is 0. The number of benzene rings is 2. The van der Waals surface area contributed by atoms with Gasteiger partial charge in [0.2, 0.25) is 0 Å². The highest BCUT2D eigenvalue weighted by Crippen LogP contribution is 2.35. The van der Waals surface area contributed by atoms with Crippen molar-refractivity contribution >= 4 is 40.5 Å². The fourth-order valence-electron chi connectivity index (χ4n) is 1.92. The zero-order valence-electron chi connectivity index (χ0n) is 10.7. The van der Waals surface area contributed by atoms with Crippen LogP contribution in [0.1, 0.15) is 24.1 Å². The minimum atomic E-state index is 0.107. The molecule has 1 atom stereocenters. The Morgan fingerprint density at radius 1 is 1.00 bits per heavy atom. The average Bonchev–Trinajstić information content (AvgIpc) is 2.33. The topological polar surface area (TPSA) is 12.0 Å². The van der Waals surface area contributed by atoms with Gasteiger partial charge in [-0.25, -0.2) is 0 Å². The van der Waals surface area contributed by atoms with E-state index in [1.54, 1.807) is 12.1 Å². The third-order valence-corrected chi connectivity index (χ3v) is 3.72. The SMILES string of the molecule is Cc1cccc(C(C)Nc2c(Cl)cc(Cl)cc2Cl)c1. The molecule has 100 valence electrons. The Kier molecular flexibility index (Phi) is 4.62. The molecule has 0 aliphatic rings. The quantitative estimate of drug-likeness (QED) is 0.718. The first-order chi connectivity index (χ1) is 8.97. The van der Waals surface area contributed by atoms with Gasteiger partial charge in [-0.15, -0.1) is 0 Å². The van der Waals surface area contributed by atoms with Gasteiger partial charge in [-0.2, -0.15) is 0 Å². The van der Waals surface area contributed by atoms with E-state index in [9.17, 15) is 0 Å². The summed E-state index contributed by atoms with van der Waals surface area (Å²) in [5.41, 5.74) is 3.11. The summed E-state index contributed by atoms with van der Waals surface area (Å²) in [4.78, 5) is 0. The molecule has 2 aromatic carbocycles. The van der Waals surface area contributed by atoms with E-state index in [-0.39, 0.29) is 6.04 Å². The molecule has 2 rings (SSSR count). The van der Waals surface area contributed by atoms with Gasteiger partial charge in [-0.05, 0) is 31.5 Å². The minimum Gasteiger partial charge on any atom is -0.376 e. The van der Waals surface area contributed by atoms with Gasteiger partial charge in [-0.3, -0.25) is 0 Å². The van der Waals surface area contributed by atoms with E-state index in [1.807, 2.05) is 6.07 Å². The van der Waals surface area contributed by atoms with Crippen LogP contribution in [0.15, 0.2) is 36.4 Å². The van der Waals surface area contributed by atoms with Crippen molar-refractivity contribution in [2.75, 3.05) is 5.32 Å². The number of hydrogen-bond donors (Lipinski definition) is 1. The molecule has 19 heavy (non-hydrogen) atoms. The van der Waals surface area contributed by atoms with Crippen molar-refractivity contribution in [3.05, 3.63) is 62.6 Å². The molecule has 4 heteroatoms. The Morgan fingerprint density at radius 2 is 1.63 bits per heavy atom. The molecule has 0 saturated carbocycles. The fraction of sp³-hybridized carbons (Fsp3) is 0.200. The molecule has 1 unspecified atom stereocenters. The molecule has 0 aromatic heterocycles. The maximum atomic E-state index is 6.17. The molecule has 0 saturated heterocycles. The van der Waals surface area contributed by atoms with E-state index in [0.717, 1.165) is 0 Å². The normalized spacial score (nSPS) is 12.3. The molecule has 0 aliphatic heterocycles. The monoisotopic (exact) mass is 313 g/mol. The predicted octanol–water partition coefficient (Wildman–Crippen LogP) is 6.13. The van der Waals surface area contributed by atoms with Crippen LogP contribution in [0.3, 0.4) is 0 Å². The Hall–Kier alpha value is -0.890. The fourth-order valence-corrected chi connectivity index (χ4v) is 2.85. The molecular formula is C15H14Cl3N. The van der Waals surface area contributed by atoms with Crippen LogP contribution in [0.2, 0.25) is 15.1 Å². The average molecular weight is 315 g/mol. The van der Waals surface area contributed by atoms with Crippen molar-refractivity contribution in [3.63, 3.8) is 0 Å². The van der Waals surface area contributed by atoms with Crippen LogP contribution < -0.4 is 5.32 Å². The summed E-state index contributed by atoms with van der Waals surface area (Å²) in [5, 5.41) is 4.91. The number of anilines is 1. The first-order valence-corrected chi connectivity index (χ1v) is 7.08. The number of nitrogens with one attached hydrogen (secondary N) is 1. The van der Waals surface area contributed by atoms with E-state index in [1.165, 1.54) is 11.1 Å². The third-order valence-electron chi connectivity index (χ3n) is 2.91. The summed E-state index contributed by atoms with van der Waals surface area (Å²) in [6.07, 6.45) is 0. The summed E-state index contributed by atoms with van der Waals surface area (Å²) in [6, 6.07) is 11.8. The molecule has 0 spiro atoms. The van der Waals surface area contributed by atoms with Gasteiger partial charge >= 0.3 is 0 Å². The van der Waals surface area contributed by atoms with E-state index in [0.29, 0.717) is 20.8 Å². The lowest BCUT2D eigenvalue weighted by atomic mass is 10.1. The van der Waals surface area contributed by atoms with Crippen LogP contribution in [0.25, 0.3) is 0 Å². The van der Waals surface area contributed by atoms with Gasteiger partial charge in [0, 0.05) is 11.1 Å². The van der Waals surface area contributed by atoms with Crippen molar-refractivity contribution < 1.29 is 0 Å². The molecule has 1 nitrogen and oxygen atoms in total. The zero-order chi connectivity index (χ0) is 14.0. The van der Waals surface area contributed by atoms with Crippen LogP contribution in [0.4, 0.5) is 5.69 Å². The second-order valence-corrected chi connectivity index (χ2v) is 5.78. The van der Waals surface area contributed by atoms with Gasteiger partial charge in [0.25, 0.3) is 0 Å². The van der Waals surface area contributed by atoms with Crippen molar-refractivity contribution in [2.24, 2.45) is 0 Å². The third kappa shape index (κ3) is 3.56. The maximum absolute atomic E-state index is 6.17. The summed E-state index contributed by atoms with van der Waals surface area (Å²) >= 11 is 18.2. The molecule has 0 bridgehead atoms. The molecule has 0 heterocycles. The van der Waals surface area contributed by atoms with E-state index < -0.39 is 0 Å². The highest BCUT2D eigenvalue weighted by molar-refractivity contribution is 6.41. The predicted molar refractivity (Wildman–Crippen MR) is 84.7 cm³/mol. The van der Waals surface area contributed by atoms with Crippen LogP contribution >= 0.6 is 34.8 Å². The van der Waals surface area contributed by atoms with E-state index in [4.69, 9.17) is 34.8 Å². The summed E-state index contributed by atoms with van der Waals surface area (Å²) in [6.45, 7) is 4.13. The second kappa shape index (κ2) is 6.04. The first-order valence-electron chi connectivity index (χ1n) is 5.95. The van der Waals surface area contributed by atoms with Crippen molar-refractivity contribution in [1.29, 1.82) is 0 Å². The Labute approximate surface area is 128 Å². The molecule has 0 fully saturated rings. The van der Waals surface area contributed by atoms with Crippen LogP contribution in [0.5, 0.6) is 0 Å². The second-order valence-electron chi connectivity index (χ2n) is 4.52. The summed E-state index contributed by atoms with van der Waals surface area (Å²) < 4.78 is 0. The van der Waals surface area contributed by atoms with Crippen molar-refractivity contribution in [2.45, 2.75) is 19.9 Å². The van der Waals surface area contributed by atoms with Crippen LogP contribution in [-0.2, 0) is 0 Å². The lowest BCUT2D eigenvalue weighted by Crippen LogP contribution is -2.07. The lowest BCUT2D eigenvalue weighted by molar-refractivity contribution is 0.883. The lowest BCUT2D eigenvalue weighted by Gasteiger charge is -2.18. The van der Waals surface area contributed by atoms with E-state index in [2.05, 4.69) is 37.4 Å². The number of aryl methyl sites for hydroxylation is 1. The molecular weight excluding hydrogens is 301 g/mol. The Morgan fingerprint density at radius 3 is 2.21 bits per heavy atom. The van der Waals surface area contributed by atoms with Gasteiger partial charge in [0.1, 0.15) is 0 Å². The Bertz CT molecular complexity index is 573.